The van der Waals surface area contributed by atoms with Crippen LogP contribution in [0.25, 0.3) is 0 Å². The van der Waals surface area contributed by atoms with Crippen molar-refractivity contribution < 1.29 is 19.1 Å². The Bertz CT molecular complexity index is 696. The van der Waals surface area contributed by atoms with E-state index in [9.17, 15) is 9.59 Å². The van der Waals surface area contributed by atoms with E-state index in [1.54, 1.807) is 0 Å². The van der Waals surface area contributed by atoms with Gasteiger partial charge in [0.1, 0.15) is 5.01 Å². The summed E-state index contributed by atoms with van der Waals surface area (Å²) in [6, 6.07) is 2.31. The zero-order chi connectivity index (χ0) is 16.5. The highest BCUT2D eigenvalue weighted by molar-refractivity contribution is 7.09. The van der Waals surface area contributed by atoms with Crippen LogP contribution in [0.4, 0.5) is 0 Å². The molecular formula is C15H18N2O4S. The molecule has 1 atom stereocenters. The average molecular weight is 322 g/mol. The number of hydrogen-bond donors (Lipinski definition) is 2. The van der Waals surface area contributed by atoms with Gasteiger partial charge in [-0.05, 0) is 19.1 Å². The van der Waals surface area contributed by atoms with Crippen LogP contribution in [0.2, 0.25) is 0 Å². The summed E-state index contributed by atoms with van der Waals surface area (Å²) in [6.07, 6.45) is 0. The standard InChI is InChI=1S/C15H18N2O4S/c1-8(13-17-11(7-22-13)15(2,3)4)16-12(18)9-5-6-10(21-9)14(19)20/h5-8H,1-4H3,(H,16,18)(H,19,20)/t8-/m1/s1. The van der Waals surface area contributed by atoms with Gasteiger partial charge in [0, 0.05) is 10.8 Å². The molecule has 2 N–H and O–H groups in total. The predicted molar refractivity (Wildman–Crippen MR) is 82.4 cm³/mol. The van der Waals surface area contributed by atoms with Crippen LogP contribution in [0.3, 0.4) is 0 Å². The smallest absolute Gasteiger partial charge is 0.371 e. The summed E-state index contributed by atoms with van der Waals surface area (Å²) in [7, 11) is 0. The summed E-state index contributed by atoms with van der Waals surface area (Å²) in [6.45, 7) is 8.05. The predicted octanol–water partition coefficient (Wildman–Crippen LogP) is 3.22. The molecule has 0 aliphatic heterocycles. The van der Waals surface area contributed by atoms with Crippen LogP contribution in [0.5, 0.6) is 0 Å². The molecule has 6 nitrogen and oxygen atoms in total. The Morgan fingerprint density at radius 3 is 2.45 bits per heavy atom. The lowest BCUT2D eigenvalue weighted by molar-refractivity contribution is 0.0659. The molecule has 0 saturated heterocycles. The van der Waals surface area contributed by atoms with Crippen molar-refractivity contribution in [1.29, 1.82) is 0 Å². The van der Waals surface area contributed by atoms with Gasteiger partial charge in [-0.15, -0.1) is 11.3 Å². The van der Waals surface area contributed by atoms with Gasteiger partial charge in [0.05, 0.1) is 11.7 Å². The fourth-order valence-electron chi connectivity index (χ4n) is 1.74. The van der Waals surface area contributed by atoms with Crippen molar-refractivity contribution in [2.75, 3.05) is 0 Å². The zero-order valence-electron chi connectivity index (χ0n) is 12.8. The Morgan fingerprint density at radius 2 is 1.95 bits per heavy atom. The Kier molecular flexibility index (Phi) is 4.37. The Morgan fingerprint density at radius 1 is 1.32 bits per heavy atom. The molecule has 1 amide bonds. The summed E-state index contributed by atoms with van der Waals surface area (Å²) in [5, 5.41) is 14.3. The van der Waals surface area contributed by atoms with Gasteiger partial charge < -0.3 is 14.8 Å². The van der Waals surface area contributed by atoms with Gasteiger partial charge in [-0.25, -0.2) is 9.78 Å². The molecule has 2 rings (SSSR count). The van der Waals surface area contributed by atoms with E-state index in [1.807, 2.05) is 12.3 Å². The number of thiazole rings is 1. The lowest BCUT2D eigenvalue weighted by Gasteiger charge is -2.15. The minimum absolute atomic E-state index is 0.0307. The van der Waals surface area contributed by atoms with E-state index in [2.05, 4.69) is 31.1 Å². The van der Waals surface area contributed by atoms with E-state index in [-0.39, 0.29) is 23.0 Å². The molecule has 22 heavy (non-hydrogen) atoms. The number of carbonyl (C=O) groups is 2. The summed E-state index contributed by atoms with van der Waals surface area (Å²) in [4.78, 5) is 27.3. The van der Waals surface area contributed by atoms with Crippen LogP contribution in [-0.2, 0) is 5.41 Å². The minimum atomic E-state index is -1.21. The highest BCUT2D eigenvalue weighted by Crippen LogP contribution is 2.26. The van der Waals surface area contributed by atoms with Gasteiger partial charge in [0.2, 0.25) is 5.76 Å². The van der Waals surface area contributed by atoms with Crippen molar-refractivity contribution in [3.8, 4) is 0 Å². The summed E-state index contributed by atoms with van der Waals surface area (Å²) >= 11 is 1.48. The maximum Gasteiger partial charge on any atom is 0.371 e. The highest BCUT2D eigenvalue weighted by Gasteiger charge is 2.22. The first-order chi connectivity index (χ1) is 10.2. The molecule has 0 saturated carbocycles. The first kappa shape index (κ1) is 16.2. The van der Waals surface area contributed by atoms with Crippen LogP contribution >= 0.6 is 11.3 Å². The number of aromatic nitrogens is 1. The lowest BCUT2D eigenvalue weighted by atomic mass is 9.93. The van der Waals surface area contributed by atoms with Gasteiger partial charge in [0.25, 0.3) is 5.91 Å². The number of amides is 1. The first-order valence-corrected chi connectivity index (χ1v) is 7.66. The fraction of sp³-hybridized carbons (Fsp3) is 0.400. The molecule has 2 heterocycles. The second-order valence-corrected chi connectivity index (χ2v) is 6.87. The molecular weight excluding hydrogens is 304 g/mol. The van der Waals surface area contributed by atoms with Crippen LogP contribution in [0.1, 0.15) is 65.5 Å². The number of carboxylic acids is 1. The molecule has 0 fully saturated rings. The number of hydrogen-bond acceptors (Lipinski definition) is 5. The van der Waals surface area contributed by atoms with E-state index in [4.69, 9.17) is 9.52 Å². The normalized spacial score (nSPS) is 12.9. The Balaban J connectivity index is 2.07. The quantitative estimate of drug-likeness (QED) is 0.901. The summed E-state index contributed by atoms with van der Waals surface area (Å²) in [5.74, 6) is -1.96. The van der Waals surface area contributed by atoms with Crippen LogP contribution in [-0.4, -0.2) is 22.0 Å². The van der Waals surface area contributed by atoms with Crippen molar-refractivity contribution in [3.05, 3.63) is 39.7 Å². The van der Waals surface area contributed by atoms with E-state index in [0.717, 1.165) is 10.7 Å². The largest absolute Gasteiger partial charge is 0.475 e. The SMILES string of the molecule is C[C@@H](NC(=O)c1ccc(C(=O)O)o1)c1nc(C(C)(C)C)cs1. The van der Waals surface area contributed by atoms with E-state index in [1.165, 1.54) is 23.5 Å². The van der Waals surface area contributed by atoms with Crippen molar-refractivity contribution in [3.63, 3.8) is 0 Å². The third-order valence-electron chi connectivity index (χ3n) is 3.05. The molecule has 0 radical (unpaired) electrons. The number of carbonyl (C=O) groups excluding carboxylic acids is 1. The van der Waals surface area contributed by atoms with E-state index >= 15 is 0 Å². The molecule has 0 unspecified atom stereocenters. The van der Waals surface area contributed by atoms with Crippen molar-refractivity contribution in [2.24, 2.45) is 0 Å². The third-order valence-corrected chi connectivity index (χ3v) is 4.08. The first-order valence-electron chi connectivity index (χ1n) is 6.78. The third kappa shape index (κ3) is 3.54. The van der Waals surface area contributed by atoms with Crippen LogP contribution < -0.4 is 5.32 Å². The van der Waals surface area contributed by atoms with Crippen LogP contribution in [0.15, 0.2) is 21.9 Å². The van der Waals surface area contributed by atoms with E-state index in [0.29, 0.717) is 0 Å². The topological polar surface area (TPSA) is 92.4 Å². The van der Waals surface area contributed by atoms with Gasteiger partial charge in [0.15, 0.2) is 5.76 Å². The molecule has 0 bridgehead atoms. The van der Waals surface area contributed by atoms with Gasteiger partial charge in [-0.2, -0.15) is 0 Å². The van der Waals surface area contributed by atoms with Crippen molar-refractivity contribution >= 4 is 23.2 Å². The Hall–Kier alpha value is -2.15. The number of carboxylic acid groups (broad SMARTS) is 1. The van der Waals surface area contributed by atoms with Crippen molar-refractivity contribution in [1.82, 2.24) is 10.3 Å². The molecule has 2 aromatic heterocycles. The second-order valence-electron chi connectivity index (χ2n) is 5.99. The maximum atomic E-state index is 12.0. The van der Waals surface area contributed by atoms with E-state index < -0.39 is 11.9 Å². The van der Waals surface area contributed by atoms with Crippen LogP contribution in [0, 0.1) is 0 Å². The molecule has 0 aliphatic carbocycles. The monoisotopic (exact) mass is 322 g/mol. The minimum Gasteiger partial charge on any atom is -0.475 e. The zero-order valence-corrected chi connectivity index (χ0v) is 13.7. The van der Waals surface area contributed by atoms with Gasteiger partial charge >= 0.3 is 5.97 Å². The summed E-state index contributed by atoms with van der Waals surface area (Å²) in [5.41, 5.74) is 0.926. The fourth-order valence-corrected chi connectivity index (χ4v) is 2.79. The maximum absolute atomic E-state index is 12.0. The number of rotatable bonds is 4. The molecule has 118 valence electrons. The number of nitrogens with one attached hydrogen (secondary N) is 1. The molecule has 0 aliphatic rings. The highest BCUT2D eigenvalue weighted by atomic mass is 32.1. The van der Waals surface area contributed by atoms with Gasteiger partial charge in [-0.3, -0.25) is 4.79 Å². The second kappa shape index (κ2) is 5.92. The number of nitrogens with zero attached hydrogens (tertiary/aromatic N) is 1. The number of aromatic carboxylic acids is 1. The number of furan rings is 1. The molecule has 0 aromatic carbocycles. The lowest BCUT2D eigenvalue weighted by Crippen LogP contribution is -2.26. The molecule has 7 heteroatoms. The Labute approximate surface area is 132 Å². The van der Waals surface area contributed by atoms with Crippen molar-refractivity contribution in [2.45, 2.75) is 39.2 Å². The summed E-state index contributed by atoms with van der Waals surface area (Å²) < 4.78 is 4.97. The average Bonchev–Trinajstić information content (AvgIpc) is 3.07. The molecule has 0 spiro atoms. The van der Waals surface area contributed by atoms with Gasteiger partial charge in [-0.1, -0.05) is 20.8 Å². The molecule has 2 aromatic rings.